The molecule has 146 valence electrons. The van der Waals surface area contributed by atoms with Crippen LogP contribution in [0.5, 0.6) is 0 Å². The van der Waals surface area contributed by atoms with Crippen molar-refractivity contribution < 1.29 is 19.1 Å². The van der Waals surface area contributed by atoms with Gasteiger partial charge >= 0.3 is 5.97 Å². The molecule has 0 bridgehead atoms. The summed E-state index contributed by atoms with van der Waals surface area (Å²) in [5.74, 6) is 1.11. The minimum Gasteiger partial charge on any atom is -0.465 e. The van der Waals surface area contributed by atoms with Crippen molar-refractivity contribution in [2.45, 2.75) is 83.7 Å². The van der Waals surface area contributed by atoms with Gasteiger partial charge < -0.3 is 14.3 Å². The molecular weight excluding hydrogens is 330 g/mol. The number of unbranched alkanes of at least 4 members (excludes halogenated alkanes) is 1. The SMILES string of the molecule is CC(=O)OCC(CCCC[C@@H]1CC[C@@H]2[C@H](O)CCC[C@@]12C)c1cocn1. The van der Waals surface area contributed by atoms with E-state index in [2.05, 4.69) is 11.9 Å². The van der Waals surface area contributed by atoms with Gasteiger partial charge in [-0.15, -0.1) is 0 Å². The van der Waals surface area contributed by atoms with E-state index >= 15 is 0 Å². The predicted octanol–water partition coefficient (Wildman–Crippen LogP) is 4.46. The number of ether oxygens (including phenoxy) is 1. The lowest BCUT2D eigenvalue weighted by molar-refractivity contribution is -0.141. The van der Waals surface area contributed by atoms with Crippen LogP contribution in [0.25, 0.3) is 0 Å². The highest BCUT2D eigenvalue weighted by Crippen LogP contribution is 2.56. The van der Waals surface area contributed by atoms with Crippen LogP contribution in [0.4, 0.5) is 0 Å². The monoisotopic (exact) mass is 363 g/mol. The average molecular weight is 363 g/mol. The van der Waals surface area contributed by atoms with E-state index in [0.29, 0.717) is 17.9 Å². The van der Waals surface area contributed by atoms with Gasteiger partial charge in [0, 0.05) is 12.8 Å². The second-order valence-electron chi connectivity index (χ2n) is 8.54. The Morgan fingerprint density at radius 1 is 1.42 bits per heavy atom. The fourth-order valence-electron chi connectivity index (χ4n) is 5.47. The highest BCUT2D eigenvalue weighted by molar-refractivity contribution is 5.65. The summed E-state index contributed by atoms with van der Waals surface area (Å²) in [7, 11) is 0. The summed E-state index contributed by atoms with van der Waals surface area (Å²) in [6.07, 6.45) is 13.3. The number of nitrogens with zero attached hydrogens (tertiary/aromatic N) is 1. The smallest absolute Gasteiger partial charge is 0.302 e. The van der Waals surface area contributed by atoms with Gasteiger partial charge in [0.05, 0.1) is 18.4 Å². The Hall–Kier alpha value is -1.36. The predicted molar refractivity (Wildman–Crippen MR) is 98.5 cm³/mol. The molecule has 0 amide bonds. The van der Waals surface area contributed by atoms with Crippen LogP contribution in [-0.4, -0.2) is 28.8 Å². The number of esters is 1. The molecule has 0 spiro atoms. The third kappa shape index (κ3) is 4.30. The second-order valence-corrected chi connectivity index (χ2v) is 8.54. The normalized spacial score (nSPS) is 32.2. The molecule has 1 unspecified atom stereocenters. The fraction of sp³-hybridized carbons (Fsp3) is 0.810. The number of aromatic nitrogens is 1. The van der Waals surface area contributed by atoms with Gasteiger partial charge in [-0.1, -0.05) is 26.2 Å². The maximum atomic E-state index is 11.1. The lowest BCUT2D eigenvalue weighted by atomic mass is 9.63. The topological polar surface area (TPSA) is 72.6 Å². The van der Waals surface area contributed by atoms with Crippen molar-refractivity contribution in [2.75, 3.05) is 6.61 Å². The van der Waals surface area contributed by atoms with Gasteiger partial charge in [0.25, 0.3) is 0 Å². The van der Waals surface area contributed by atoms with Crippen molar-refractivity contribution in [3.8, 4) is 0 Å². The Kier molecular flexibility index (Phi) is 6.38. The Morgan fingerprint density at radius 2 is 2.27 bits per heavy atom. The van der Waals surface area contributed by atoms with Crippen molar-refractivity contribution in [1.82, 2.24) is 4.98 Å². The molecule has 0 aromatic carbocycles. The third-order valence-electron chi connectivity index (χ3n) is 7.00. The summed E-state index contributed by atoms with van der Waals surface area (Å²) >= 11 is 0. The summed E-state index contributed by atoms with van der Waals surface area (Å²) in [6.45, 7) is 4.23. The Balaban J connectivity index is 1.47. The summed E-state index contributed by atoms with van der Waals surface area (Å²) in [4.78, 5) is 15.4. The number of carbonyl (C=O) groups is 1. The Bertz CT molecular complexity index is 573. The maximum Gasteiger partial charge on any atom is 0.302 e. The number of hydrogen-bond donors (Lipinski definition) is 1. The largest absolute Gasteiger partial charge is 0.465 e. The summed E-state index contributed by atoms with van der Waals surface area (Å²) in [5, 5.41) is 10.4. The van der Waals surface area contributed by atoms with Gasteiger partial charge in [-0.05, 0) is 55.8 Å². The molecule has 3 rings (SSSR count). The van der Waals surface area contributed by atoms with E-state index in [0.717, 1.165) is 30.9 Å². The van der Waals surface area contributed by atoms with E-state index < -0.39 is 0 Å². The van der Waals surface area contributed by atoms with Gasteiger partial charge in [0.1, 0.15) is 6.26 Å². The number of aliphatic hydroxyl groups excluding tert-OH is 1. The molecule has 1 aromatic heterocycles. The molecule has 1 aromatic rings. The standard InChI is InChI=1S/C21H33NO4/c1-15(23)26-12-16(19-13-25-14-22-19)6-3-4-7-17-9-10-18-20(24)8-5-11-21(17,18)2/h13-14,16-18,20,24H,3-12H2,1-2H3/t16?,17-,18-,20-,21+/m1/s1. The lowest BCUT2D eigenvalue weighted by Gasteiger charge is -2.43. The molecule has 1 heterocycles. The van der Waals surface area contributed by atoms with Crippen LogP contribution in [0, 0.1) is 17.3 Å². The molecule has 2 fully saturated rings. The minimum atomic E-state index is -0.251. The fourth-order valence-corrected chi connectivity index (χ4v) is 5.47. The highest BCUT2D eigenvalue weighted by Gasteiger charge is 2.50. The molecule has 26 heavy (non-hydrogen) atoms. The van der Waals surface area contributed by atoms with Crippen molar-refractivity contribution in [3.63, 3.8) is 0 Å². The molecule has 2 aliphatic carbocycles. The van der Waals surface area contributed by atoms with Crippen molar-refractivity contribution in [1.29, 1.82) is 0 Å². The number of aliphatic hydroxyl groups is 1. The van der Waals surface area contributed by atoms with E-state index in [9.17, 15) is 9.90 Å². The minimum absolute atomic E-state index is 0.0842. The molecule has 5 heteroatoms. The van der Waals surface area contributed by atoms with Crippen LogP contribution < -0.4 is 0 Å². The number of carbonyl (C=O) groups excluding carboxylic acids is 1. The molecule has 0 aliphatic heterocycles. The third-order valence-corrected chi connectivity index (χ3v) is 7.00. The molecule has 5 nitrogen and oxygen atoms in total. The summed E-state index contributed by atoms with van der Waals surface area (Å²) in [5.41, 5.74) is 1.20. The number of hydrogen-bond acceptors (Lipinski definition) is 5. The Labute approximate surface area is 156 Å². The zero-order valence-electron chi connectivity index (χ0n) is 16.2. The van der Waals surface area contributed by atoms with E-state index in [-0.39, 0.29) is 18.0 Å². The first-order valence-electron chi connectivity index (χ1n) is 10.2. The molecule has 2 aliphatic rings. The average Bonchev–Trinajstić information content (AvgIpc) is 3.23. The zero-order valence-corrected chi connectivity index (χ0v) is 16.2. The lowest BCUT2D eigenvalue weighted by Crippen LogP contribution is -2.39. The van der Waals surface area contributed by atoms with Crippen LogP contribution in [0.2, 0.25) is 0 Å². The van der Waals surface area contributed by atoms with Crippen LogP contribution in [-0.2, 0) is 9.53 Å². The van der Waals surface area contributed by atoms with Gasteiger partial charge in [-0.3, -0.25) is 4.79 Å². The maximum absolute atomic E-state index is 11.1. The molecular formula is C21H33NO4. The van der Waals surface area contributed by atoms with Crippen molar-refractivity contribution >= 4 is 5.97 Å². The number of rotatable bonds is 8. The second kappa shape index (κ2) is 8.55. The van der Waals surface area contributed by atoms with E-state index in [1.54, 1.807) is 6.26 Å². The molecule has 0 saturated heterocycles. The first kappa shape index (κ1) is 19.4. The van der Waals surface area contributed by atoms with Crippen LogP contribution in [0.3, 0.4) is 0 Å². The Morgan fingerprint density at radius 3 is 3.00 bits per heavy atom. The van der Waals surface area contributed by atoms with Crippen molar-refractivity contribution in [3.05, 3.63) is 18.4 Å². The summed E-state index contributed by atoms with van der Waals surface area (Å²) < 4.78 is 10.3. The molecule has 0 radical (unpaired) electrons. The summed E-state index contributed by atoms with van der Waals surface area (Å²) in [6, 6.07) is 0. The van der Waals surface area contributed by atoms with Gasteiger partial charge in [0.2, 0.25) is 0 Å². The van der Waals surface area contributed by atoms with Gasteiger partial charge in [-0.2, -0.15) is 0 Å². The first-order valence-corrected chi connectivity index (χ1v) is 10.2. The van der Waals surface area contributed by atoms with Gasteiger partial charge in [0.15, 0.2) is 6.39 Å². The molecule has 5 atom stereocenters. The molecule has 1 N–H and O–H groups in total. The number of oxazole rings is 1. The molecule has 2 saturated carbocycles. The van der Waals surface area contributed by atoms with E-state index in [1.807, 2.05) is 0 Å². The van der Waals surface area contributed by atoms with Crippen LogP contribution in [0.1, 0.15) is 83.2 Å². The van der Waals surface area contributed by atoms with Crippen molar-refractivity contribution in [2.24, 2.45) is 17.3 Å². The highest BCUT2D eigenvalue weighted by atomic mass is 16.5. The van der Waals surface area contributed by atoms with Crippen LogP contribution in [0.15, 0.2) is 17.1 Å². The van der Waals surface area contributed by atoms with Gasteiger partial charge in [-0.25, -0.2) is 4.98 Å². The van der Waals surface area contributed by atoms with E-state index in [1.165, 1.54) is 51.8 Å². The quantitative estimate of drug-likeness (QED) is 0.545. The first-order chi connectivity index (χ1) is 12.5. The number of fused-ring (bicyclic) bond motifs is 1. The van der Waals surface area contributed by atoms with E-state index in [4.69, 9.17) is 9.15 Å². The van der Waals surface area contributed by atoms with Crippen LogP contribution >= 0.6 is 0 Å². The zero-order chi connectivity index (χ0) is 18.6.